The lowest BCUT2D eigenvalue weighted by molar-refractivity contribution is 0.195. The highest BCUT2D eigenvalue weighted by Gasteiger charge is 2.15. The third-order valence-corrected chi connectivity index (χ3v) is 3.89. The van der Waals surface area contributed by atoms with E-state index in [1.807, 2.05) is 6.92 Å². The molecular weight excluding hydrogens is 212 g/mol. The van der Waals surface area contributed by atoms with E-state index in [9.17, 15) is 4.21 Å². The van der Waals surface area contributed by atoms with Crippen molar-refractivity contribution >= 4 is 16.5 Å². The van der Waals surface area contributed by atoms with Crippen LogP contribution in [0.2, 0.25) is 0 Å². The average molecular weight is 228 g/mol. The zero-order valence-corrected chi connectivity index (χ0v) is 9.79. The minimum atomic E-state index is -1.09. The molecule has 0 aliphatic heterocycles. The molecule has 0 saturated heterocycles. The highest BCUT2D eigenvalue weighted by atomic mass is 32.2. The summed E-state index contributed by atoms with van der Waals surface area (Å²) in [5.41, 5.74) is 6.19. The van der Waals surface area contributed by atoms with Crippen LogP contribution in [0.3, 0.4) is 0 Å². The van der Waals surface area contributed by atoms with Gasteiger partial charge in [-0.25, -0.2) is 0 Å². The first-order valence-corrected chi connectivity index (χ1v) is 5.97. The smallest absolute Gasteiger partial charge is 0.0664 e. The molecule has 1 rings (SSSR count). The molecule has 0 bridgehead atoms. The Hall–Kier alpha value is -0.940. The predicted molar refractivity (Wildman–Crippen MR) is 61.0 cm³/mol. The van der Waals surface area contributed by atoms with Gasteiger partial charge in [0.25, 0.3) is 0 Å². The van der Waals surface area contributed by atoms with Crippen molar-refractivity contribution in [2.45, 2.75) is 23.5 Å². The number of pyridine rings is 1. The second kappa shape index (κ2) is 5.82. The van der Waals surface area contributed by atoms with Crippen molar-refractivity contribution in [1.82, 2.24) is 4.98 Å². The number of anilines is 1. The van der Waals surface area contributed by atoms with Gasteiger partial charge in [0.05, 0.1) is 27.6 Å². The van der Waals surface area contributed by atoms with Crippen LogP contribution >= 0.6 is 0 Å². The molecule has 1 aromatic rings. The molecule has 0 aromatic carbocycles. The SMILES string of the molecule is COCCC(C)S(=O)c1ccncc1N. The van der Waals surface area contributed by atoms with Gasteiger partial charge >= 0.3 is 0 Å². The first-order chi connectivity index (χ1) is 7.16. The van der Waals surface area contributed by atoms with Gasteiger partial charge in [-0.3, -0.25) is 9.19 Å². The monoisotopic (exact) mass is 228 g/mol. The summed E-state index contributed by atoms with van der Waals surface area (Å²) in [5.74, 6) is 0. The summed E-state index contributed by atoms with van der Waals surface area (Å²) in [7, 11) is 0.549. The number of nitrogens with zero attached hydrogens (tertiary/aromatic N) is 1. The summed E-state index contributed by atoms with van der Waals surface area (Å²) >= 11 is 0. The van der Waals surface area contributed by atoms with E-state index in [0.717, 1.165) is 6.42 Å². The standard InChI is InChI=1S/C10H16N2O2S/c1-8(4-6-14-2)15(13)10-3-5-12-7-9(10)11/h3,5,7-8H,4,6,11H2,1-2H3. The Bertz CT molecular complexity index is 344. The zero-order valence-electron chi connectivity index (χ0n) is 8.97. The number of aromatic nitrogens is 1. The van der Waals surface area contributed by atoms with Gasteiger partial charge in [0.1, 0.15) is 0 Å². The van der Waals surface area contributed by atoms with Crippen LogP contribution in [0.15, 0.2) is 23.4 Å². The van der Waals surface area contributed by atoms with Crippen LogP contribution in [0, 0.1) is 0 Å². The van der Waals surface area contributed by atoms with Crippen LogP contribution in [0.25, 0.3) is 0 Å². The van der Waals surface area contributed by atoms with E-state index in [1.165, 1.54) is 6.20 Å². The first kappa shape index (κ1) is 12.1. The van der Waals surface area contributed by atoms with E-state index >= 15 is 0 Å². The molecule has 0 spiro atoms. The summed E-state index contributed by atoms with van der Waals surface area (Å²) in [6.45, 7) is 2.53. The van der Waals surface area contributed by atoms with Gasteiger partial charge in [-0.2, -0.15) is 0 Å². The number of nitrogen functional groups attached to an aromatic ring is 1. The van der Waals surface area contributed by atoms with Gasteiger partial charge in [0, 0.05) is 25.2 Å². The summed E-state index contributed by atoms with van der Waals surface area (Å²) in [6.07, 6.45) is 3.88. The second-order valence-electron chi connectivity index (χ2n) is 3.30. The summed E-state index contributed by atoms with van der Waals surface area (Å²) < 4.78 is 17.0. The maximum Gasteiger partial charge on any atom is 0.0664 e. The highest BCUT2D eigenvalue weighted by molar-refractivity contribution is 7.85. The predicted octanol–water partition coefficient (Wildman–Crippen LogP) is 1.20. The summed E-state index contributed by atoms with van der Waals surface area (Å²) in [5, 5.41) is 0.0367. The fourth-order valence-electron chi connectivity index (χ4n) is 1.18. The van der Waals surface area contributed by atoms with E-state index in [2.05, 4.69) is 4.98 Å². The molecule has 0 aliphatic carbocycles. The fourth-order valence-corrected chi connectivity index (χ4v) is 2.41. The van der Waals surface area contributed by atoms with Gasteiger partial charge in [0.2, 0.25) is 0 Å². The average Bonchev–Trinajstić information content (AvgIpc) is 2.25. The Morgan fingerprint density at radius 2 is 2.40 bits per heavy atom. The summed E-state index contributed by atoms with van der Waals surface area (Å²) in [4.78, 5) is 4.53. The maximum atomic E-state index is 12.0. The minimum Gasteiger partial charge on any atom is -0.396 e. The van der Waals surface area contributed by atoms with Crippen molar-refractivity contribution in [2.75, 3.05) is 19.5 Å². The van der Waals surface area contributed by atoms with Crippen LogP contribution in [-0.2, 0) is 15.5 Å². The lowest BCUT2D eigenvalue weighted by Crippen LogP contribution is -2.14. The Kier molecular flexibility index (Phi) is 4.71. The minimum absolute atomic E-state index is 0.0367. The van der Waals surface area contributed by atoms with Gasteiger partial charge in [-0.15, -0.1) is 0 Å². The number of nitrogens with two attached hydrogens (primary N) is 1. The van der Waals surface area contributed by atoms with Crippen molar-refractivity contribution in [3.05, 3.63) is 18.5 Å². The molecule has 84 valence electrons. The Morgan fingerprint density at radius 3 is 3.00 bits per heavy atom. The van der Waals surface area contributed by atoms with Gasteiger partial charge in [-0.05, 0) is 12.5 Å². The Morgan fingerprint density at radius 1 is 1.67 bits per heavy atom. The third kappa shape index (κ3) is 3.28. The van der Waals surface area contributed by atoms with Crippen LogP contribution < -0.4 is 5.73 Å². The number of ether oxygens (including phenoxy) is 1. The van der Waals surface area contributed by atoms with Gasteiger partial charge < -0.3 is 10.5 Å². The largest absolute Gasteiger partial charge is 0.396 e. The Labute approximate surface area is 92.3 Å². The second-order valence-corrected chi connectivity index (χ2v) is 5.14. The molecule has 0 radical (unpaired) electrons. The van der Waals surface area contributed by atoms with Crippen molar-refractivity contribution in [1.29, 1.82) is 0 Å². The normalized spacial score (nSPS) is 14.8. The molecule has 0 aliphatic rings. The van der Waals surface area contributed by atoms with Crippen molar-refractivity contribution in [3.8, 4) is 0 Å². The molecule has 0 amide bonds. The molecule has 0 saturated carbocycles. The molecule has 4 nitrogen and oxygen atoms in total. The molecule has 2 N–H and O–H groups in total. The van der Waals surface area contributed by atoms with Crippen LogP contribution in [0.1, 0.15) is 13.3 Å². The maximum absolute atomic E-state index is 12.0. The lowest BCUT2D eigenvalue weighted by atomic mass is 10.3. The molecular formula is C10H16N2O2S. The van der Waals surface area contributed by atoms with Gasteiger partial charge in [0.15, 0.2) is 0 Å². The molecule has 2 atom stereocenters. The van der Waals surface area contributed by atoms with E-state index < -0.39 is 10.8 Å². The number of methoxy groups -OCH3 is 1. The zero-order chi connectivity index (χ0) is 11.3. The molecule has 1 heterocycles. The van der Waals surface area contributed by atoms with E-state index in [1.54, 1.807) is 19.4 Å². The Balaban J connectivity index is 2.72. The van der Waals surface area contributed by atoms with E-state index in [0.29, 0.717) is 17.2 Å². The summed E-state index contributed by atoms with van der Waals surface area (Å²) in [6, 6.07) is 1.70. The quantitative estimate of drug-likeness (QED) is 0.822. The van der Waals surface area contributed by atoms with Crippen LogP contribution in [0.4, 0.5) is 5.69 Å². The third-order valence-electron chi connectivity index (χ3n) is 2.12. The van der Waals surface area contributed by atoms with Crippen molar-refractivity contribution in [3.63, 3.8) is 0 Å². The van der Waals surface area contributed by atoms with Crippen molar-refractivity contribution in [2.24, 2.45) is 0 Å². The first-order valence-electron chi connectivity index (χ1n) is 4.75. The van der Waals surface area contributed by atoms with E-state index in [4.69, 9.17) is 10.5 Å². The molecule has 0 fully saturated rings. The number of hydrogen-bond donors (Lipinski definition) is 1. The lowest BCUT2D eigenvalue weighted by Gasteiger charge is -2.11. The number of hydrogen-bond acceptors (Lipinski definition) is 4. The number of rotatable bonds is 5. The molecule has 2 unspecified atom stereocenters. The fraction of sp³-hybridized carbons (Fsp3) is 0.500. The molecule has 15 heavy (non-hydrogen) atoms. The van der Waals surface area contributed by atoms with Crippen LogP contribution in [0.5, 0.6) is 0 Å². The topological polar surface area (TPSA) is 65.2 Å². The molecule has 1 aromatic heterocycles. The van der Waals surface area contributed by atoms with Gasteiger partial charge in [-0.1, -0.05) is 6.92 Å². The van der Waals surface area contributed by atoms with E-state index in [-0.39, 0.29) is 5.25 Å². The highest BCUT2D eigenvalue weighted by Crippen LogP contribution is 2.18. The van der Waals surface area contributed by atoms with Crippen LogP contribution in [-0.4, -0.2) is 28.2 Å². The van der Waals surface area contributed by atoms with Crippen molar-refractivity contribution < 1.29 is 8.95 Å². The molecule has 5 heteroatoms.